The first-order valence-corrected chi connectivity index (χ1v) is 8.12. The molecule has 0 aliphatic carbocycles. The van der Waals surface area contributed by atoms with Crippen molar-refractivity contribution in [3.63, 3.8) is 0 Å². The quantitative estimate of drug-likeness (QED) is 0.409. The summed E-state index contributed by atoms with van der Waals surface area (Å²) < 4.78 is 10.5. The number of nitriles is 1. The van der Waals surface area contributed by atoms with Crippen LogP contribution in [-0.4, -0.2) is 12.8 Å². The fourth-order valence-electron chi connectivity index (χ4n) is 2.48. The average molecular weight is 359 g/mol. The molecule has 0 spiro atoms. The maximum Gasteiger partial charge on any atom is 0.343 e. The fourth-order valence-corrected chi connectivity index (χ4v) is 2.48. The van der Waals surface area contributed by atoms with Gasteiger partial charge in [-0.3, -0.25) is 0 Å². The van der Waals surface area contributed by atoms with Crippen LogP contribution >= 0.6 is 0 Å². The van der Waals surface area contributed by atoms with Gasteiger partial charge in [-0.25, -0.2) is 4.79 Å². The van der Waals surface area contributed by atoms with Gasteiger partial charge in [-0.15, -0.1) is 0 Å². The van der Waals surface area contributed by atoms with Gasteiger partial charge >= 0.3 is 5.97 Å². The minimum absolute atomic E-state index is 0.237. The van der Waals surface area contributed by atoms with E-state index in [-0.39, 0.29) is 18.0 Å². The molecule has 4 N–H and O–H groups in total. The zero-order chi connectivity index (χ0) is 19.2. The Morgan fingerprint density at radius 3 is 2.15 bits per heavy atom. The van der Waals surface area contributed by atoms with Crippen molar-refractivity contribution in [3.8, 4) is 22.9 Å². The van der Waals surface area contributed by atoms with E-state index in [0.717, 1.165) is 11.1 Å². The van der Waals surface area contributed by atoms with E-state index in [0.29, 0.717) is 17.0 Å². The van der Waals surface area contributed by atoms with Gasteiger partial charge in [-0.2, -0.15) is 5.26 Å². The normalized spacial score (nSPS) is 10.0. The highest BCUT2D eigenvalue weighted by molar-refractivity contribution is 5.95. The summed E-state index contributed by atoms with van der Waals surface area (Å²) in [4.78, 5) is 12.0. The predicted molar refractivity (Wildman–Crippen MR) is 103 cm³/mol. The third-order valence-corrected chi connectivity index (χ3v) is 3.91. The van der Waals surface area contributed by atoms with E-state index >= 15 is 0 Å². The van der Waals surface area contributed by atoms with Crippen LogP contribution in [0.15, 0.2) is 66.7 Å². The first kappa shape index (κ1) is 17.8. The molecular formula is C21H17N3O3. The van der Waals surface area contributed by atoms with Crippen LogP contribution < -0.4 is 16.2 Å². The summed E-state index contributed by atoms with van der Waals surface area (Å²) in [5.41, 5.74) is 14.9. The second-order valence-electron chi connectivity index (χ2n) is 5.75. The lowest BCUT2D eigenvalue weighted by molar-refractivity contribution is 0.0155. The van der Waals surface area contributed by atoms with E-state index in [1.807, 2.05) is 24.3 Å². The van der Waals surface area contributed by atoms with Crippen molar-refractivity contribution in [2.75, 3.05) is 18.3 Å². The highest BCUT2D eigenvalue weighted by Crippen LogP contribution is 2.23. The predicted octanol–water partition coefficient (Wildman–Crippen LogP) is 3.58. The smallest absolute Gasteiger partial charge is 0.343 e. The van der Waals surface area contributed by atoms with Crippen LogP contribution in [0.1, 0.15) is 15.9 Å². The van der Waals surface area contributed by atoms with Gasteiger partial charge < -0.3 is 20.9 Å². The lowest BCUT2D eigenvalue weighted by atomic mass is 10.0. The number of rotatable bonds is 5. The molecule has 3 rings (SSSR count). The van der Waals surface area contributed by atoms with Gasteiger partial charge in [-0.1, -0.05) is 24.3 Å². The Bertz CT molecular complexity index is 991. The molecule has 0 saturated heterocycles. The SMILES string of the molecule is N#Cc1ccc(-c2ccc(OCOC(=O)c3ccc(N)cc3N)cc2)cc1. The molecule has 0 amide bonds. The van der Waals surface area contributed by atoms with Gasteiger partial charge in [0.2, 0.25) is 6.79 Å². The Morgan fingerprint density at radius 2 is 1.56 bits per heavy atom. The molecule has 6 heteroatoms. The first-order valence-electron chi connectivity index (χ1n) is 8.12. The van der Waals surface area contributed by atoms with Crippen LogP contribution in [0.5, 0.6) is 5.75 Å². The van der Waals surface area contributed by atoms with Crippen molar-refractivity contribution in [2.24, 2.45) is 0 Å². The number of carbonyl (C=O) groups is 1. The van der Waals surface area contributed by atoms with Gasteiger partial charge in [-0.05, 0) is 53.6 Å². The highest BCUT2D eigenvalue weighted by Gasteiger charge is 2.11. The molecule has 3 aromatic rings. The average Bonchev–Trinajstić information content (AvgIpc) is 2.68. The maximum absolute atomic E-state index is 12.0. The minimum Gasteiger partial charge on any atom is -0.457 e. The second kappa shape index (κ2) is 7.93. The number of hydrogen-bond donors (Lipinski definition) is 2. The number of anilines is 2. The minimum atomic E-state index is -0.582. The van der Waals surface area contributed by atoms with E-state index in [4.69, 9.17) is 26.2 Å². The van der Waals surface area contributed by atoms with Gasteiger partial charge in [0, 0.05) is 11.4 Å². The monoisotopic (exact) mass is 359 g/mol. The number of ether oxygens (including phenoxy) is 2. The fraction of sp³-hybridized carbons (Fsp3) is 0.0476. The van der Waals surface area contributed by atoms with Crippen molar-refractivity contribution >= 4 is 17.3 Å². The van der Waals surface area contributed by atoms with Crippen LogP contribution in [0.3, 0.4) is 0 Å². The summed E-state index contributed by atoms with van der Waals surface area (Å²) >= 11 is 0. The van der Waals surface area contributed by atoms with E-state index in [1.54, 1.807) is 30.3 Å². The summed E-state index contributed by atoms with van der Waals surface area (Å²) in [7, 11) is 0. The number of benzene rings is 3. The molecule has 0 fully saturated rings. The van der Waals surface area contributed by atoms with Crippen LogP contribution in [-0.2, 0) is 4.74 Å². The van der Waals surface area contributed by atoms with Crippen LogP contribution in [0.25, 0.3) is 11.1 Å². The zero-order valence-corrected chi connectivity index (χ0v) is 14.4. The molecule has 0 bridgehead atoms. The number of esters is 1. The third kappa shape index (κ3) is 4.35. The summed E-state index contributed by atoms with van der Waals surface area (Å²) in [5.74, 6) is -0.0211. The summed E-state index contributed by atoms with van der Waals surface area (Å²) in [6.07, 6.45) is 0. The van der Waals surface area contributed by atoms with E-state index in [1.165, 1.54) is 12.1 Å². The summed E-state index contributed by atoms with van der Waals surface area (Å²) in [5, 5.41) is 8.84. The molecule has 0 aliphatic rings. The highest BCUT2D eigenvalue weighted by atomic mass is 16.7. The Labute approximate surface area is 156 Å². The van der Waals surface area contributed by atoms with Crippen molar-refractivity contribution in [2.45, 2.75) is 0 Å². The molecule has 134 valence electrons. The van der Waals surface area contributed by atoms with Gasteiger partial charge in [0.15, 0.2) is 0 Å². The van der Waals surface area contributed by atoms with E-state index in [2.05, 4.69) is 6.07 Å². The van der Waals surface area contributed by atoms with Crippen LogP contribution in [0, 0.1) is 11.3 Å². The molecule has 0 unspecified atom stereocenters. The number of carbonyl (C=O) groups excluding carboxylic acids is 1. The molecule has 0 aliphatic heterocycles. The van der Waals surface area contributed by atoms with Crippen molar-refractivity contribution < 1.29 is 14.3 Å². The van der Waals surface area contributed by atoms with E-state index in [9.17, 15) is 4.79 Å². The first-order chi connectivity index (χ1) is 13.1. The van der Waals surface area contributed by atoms with Gasteiger partial charge in [0.1, 0.15) is 5.75 Å². The standard InChI is InChI=1S/C21H17N3O3/c22-12-14-1-3-15(4-2-14)16-5-8-18(9-6-16)26-13-27-21(25)19-10-7-17(23)11-20(19)24/h1-11H,13,23-24H2. The summed E-state index contributed by atoms with van der Waals surface area (Å²) in [6, 6.07) is 21.3. The Balaban J connectivity index is 1.57. The molecule has 0 aromatic heterocycles. The zero-order valence-electron chi connectivity index (χ0n) is 14.4. The molecular weight excluding hydrogens is 342 g/mol. The second-order valence-corrected chi connectivity index (χ2v) is 5.75. The number of hydrogen-bond acceptors (Lipinski definition) is 6. The number of nitrogens with two attached hydrogens (primary N) is 2. The molecule has 0 saturated carbocycles. The summed E-state index contributed by atoms with van der Waals surface area (Å²) in [6.45, 7) is -0.237. The molecule has 27 heavy (non-hydrogen) atoms. The largest absolute Gasteiger partial charge is 0.457 e. The molecule has 3 aromatic carbocycles. The van der Waals surface area contributed by atoms with Crippen molar-refractivity contribution in [1.29, 1.82) is 5.26 Å². The topological polar surface area (TPSA) is 111 Å². The maximum atomic E-state index is 12.0. The van der Waals surface area contributed by atoms with Crippen LogP contribution in [0.2, 0.25) is 0 Å². The Hall–Kier alpha value is -3.98. The molecule has 0 radical (unpaired) electrons. The Kier molecular flexibility index (Phi) is 5.24. The van der Waals surface area contributed by atoms with E-state index < -0.39 is 5.97 Å². The number of nitrogens with zero attached hydrogens (tertiary/aromatic N) is 1. The van der Waals surface area contributed by atoms with Crippen molar-refractivity contribution in [1.82, 2.24) is 0 Å². The van der Waals surface area contributed by atoms with Crippen LogP contribution in [0.4, 0.5) is 11.4 Å². The lowest BCUT2D eigenvalue weighted by Crippen LogP contribution is -2.12. The lowest BCUT2D eigenvalue weighted by Gasteiger charge is -2.10. The van der Waals surface area contributed by atoms with Gasteiger partial charge in [0.25, 0.3) is 0 Å². The number of nitrogen functional groups attached to an aromatic ring is 2. The molecule has 0 atom stereocenters. The van der Waals surface area contributed by atoms with Crippen molar-refractivity contribution in [3.05, 3.63) is 77.9 Å². The molecule has 6 nitrogen and oxygen atoms in total. The van der Waals surface area contributed by atoms with Gasteiger partial charge in [0.05, 0.1) is 17.2 Å². The third-order valence-electron chi connectivity index (χ3n) is 3.91. The molecule has 0 heterocycles. The Morgan fingerprint density at radius 1 is 0.926 bits per heavy atom.